The maximum Gasteiger partial charge on any atom is 0.573 e. The molecule has 0 unspecified atom stereocenters. The Morgan fingerprint density at radius 3 is 2.39 bits per heavy atom. The molecule has 0 saturated carbocycles. The second kappa shape index (κ2) is 7.13. The van der Waals surface area contributed by atoms with Crippen molar-refractivity contribution in [2.75, 3.05) is 0 Å². The van der Waals surface area contributed by atoms with Crippen molar-refractivity contribution in [1.29, 1.82) is 0 Å². The Bertz CT molecular complexity index is 1070. The van der Waals surface area contributed by atoms with Gasteiger partial charge in [-0.3, -0.25) is 10.1 Å². The molecule has 0 amide bonds. The molecule has 12 heteroatoms. The topological polar surface area (TPSA) is 105 Å². The molecule has 0 aliphatic rings. The molecule has 0 spiro atoms. The number of benzene rings is 2. The molecule has 0 saturated heterocycles. The number of nitro groups is 1. The van der Waals surface area contributed by atoms with Crippen LogP contribution in [0, 0.1) is 17.0 Å². The van der Waals surface area contributed by atoms with E-state index in [4.69, 9.17) is 0 Å². The van der Waals surface area contributed by atoms with Gasteiger partial charge < -0.3 is 4.74 Å². The summed E-state index contributed by atoms with van der Waals surface area (Å²) in [4.78, 5) is 22.8. The Hall–Kier alpha value is -3.70. The van der Waals surface area contributed by atoms with Crippen LogP contribution in [0.15, 0.2) is 47.3 Å². The SMILES string of the molecule is Cc1cc(Cn2nnn(-c3ccc(OC(F)(F)F)cc3)c2=O)ccc1[N+](=O)[O-]. The van der Waals surface area contributed by atoms with Crippen LogP contribution in [0.5, 0.6) is 5.75 Å². The molecule has 0 aliphatic carbocycles. The summed E-state index contributed by atoms with van der Waals surface area (Å²) in [6.45, 7) is 1.60. The van der Waals surface area contributed by atoms with Crippen LogP contribution in [0.1, 0.15) is 11.1 Å². The van der Waals surface area contributed by atoms with Crippen molar-refractivity contribution in [3.05, 3.63) is 74.2 Å². The van der Waals surface area contributed by atoms with Crippen LogP contribution in [0.3, 0.4) is 0 Å². The number of hydrogen-bond acceptors (Lipinski definition) is 6. The van der Waals surface area contributed by atoms with E-state index in [9.17, 15) is 28.1 Å². The van der Waals surface area contributed by atoms with E-state index in [1.807, 2.05) is 0 Å². The van der Waals surface area contributed by atoms with Gasteiger partial charge in [-0.05, 0) is 53.2 Å². The molecule has 3 aromatic rings. The van der Waals surface area contributed by atoms with Crippen LogP contribution in [0.4, 0.5) is 18.9 Å². The van der Waals surface area contributed by atoms with Gasteiger partial charge in [-0.15, -0.1) is 13.2 Å². The first-order chi connectivity index (χ1) is 13.1. The lowest BCUT2D eigenvalue weighted by molar-refractivity contribution is -0.385. The molecule has 146 valence electrons. The van der Waals surface area contributed by atoms with Gasteiger partial charge in [0.25, 0.3) is 5.69 Å². The maximum absolute atomic E-state index is 12.4. The zero-order valence-corrected chi connectivity index (χ0v) is 14.3. The van der Waals surface area contributed by atoms with Gasteiger partial charge in [0.15, 0.2) is 0 Å². The zero-order chi connectivity index (χ0) is 20.5. The first-order valence-electron chi connectivity index (χ1n) is 7.77. The van der Waals surface area contributed by atoms with Crippen molar-refractivity contribution in [3.63, 3.8) is 0 Å². The van der Waals surface area contributed by atoms with Crippen LogP contribution >= 0.6 is 0 Å². The molecule has 1 heterocycles. The Balaban J connectivity index is 1.82. The molecule has 2 aromatic carbocycles. The highest BCUT2D eigenvalue weighted by atomic mass is 19.4. The van der Waals surface area contributed by atoms with Gasteiger partial charge in [0.1, 0.15) is 5.75 Å². The van der Waals surface area contributed by atoms with Crippen molar-refractivity contribution >= 4 is 5.69 Å². The summed E-state index contributed by atoms with van der Waals surface area (Å²) in [7, 11) is 0. The van der Waals surface area contributed by atoms with Gasteiger partial charge in [0, 0.05) is 11.6 Å². The molecule has 3 rings (SSSR count). The minimum absolute atomic E-state index is 0.0208. The third-order valence-electron chi connectivity index (χ3n) is 3.74. The van der Waals surface area contributed by atoms with Gasteiger partial charge in [0.2, 0.25) is 0 Å². The molecule has 28 heavy (non-hydrogen) atoms. The van der Waals surface area contributed by atoms with Gasteiger partial charge >= 0.3 is 12.1 Å². The molecular weight excluding hydrogens is 383 g/mol. The van der Waals surface area contributed by atoms with E-state index < -0.39 is 22.7 Å². The number of nitro benzene ring substituents is 1. The average molecular weight is 395 g/mol. The van der Waals surface area contributed by atoms with Crippen molar-refractivity contribution in [3.8, 4) is 11.4 Å². The summed E-state index contributed by atoms with van der Waals surface area (Å²) in [5.74, 6) is -0.432. The molecule has 0 N–H and O–H groups in total. The summed E-state index contributed by atoms with van der Waals surface area (Å²) in [6.07, 6.45) is -4.82. The van der Waals surface area contributed by atoms with E-state index in [0.717, 1.165) is 21.5 Å². The summed E-state index contributed by atoms with van der Waals surface area (Å²) in [5, 5.41) is 18.3. The highest BCUT2D eigenvalue weighted by Crippen LogP contribution is 2.23. The van der Waals surface area contributed by atoms with E-state index in [0.29, 0.717) is 11.1 Å². The highest BCUT2D eigenvalue weighted by Gasteiger charge is 2.31. The molecule has 0 atom stereocenters. The van der Waals surface area contributed by atoms with E-state index >= 15 is 0 Å². The molecule has 0 bridgehead atoms. The average Bonchev–Trinajstić information content (AvgIpc) is 2.95. The van der Waals surface area contributed by atoms with Gasteiger partial charge in [-0.25, -0.2) is 4.79 Å². The summed E-state index contributed by atoms with van der Waals surface area (Å²) in [6, 6.07) is 8.96. The second-order valence-corrected chi connectivity index (χ2v) is 5.75. The first kappa shape index (κ1) is 19.1. The number of aryl methyl sites for hydroxylation is 1. The Labute approximate surface area is 154 Å². The van der Waals surface area contributed by atoms with Crippen LogP contribution in [-0.4, -0.2) is 31.1 Å². The number of aromatic nitrogens is 4. The normalized spacial score (nSPS) is 11.4. The van der Waals surface area contributed by atoms with E-state index in [1.54, 1.807) is 13.0 Å². The van der Waals surface area contributed by atoms with Crippen LogP contribution in [-0.2, 0) is 6.54 Å². The third kappa shape index (κ3) is 4.16. The maximum atomic E-state index is 12.4. The Morgan fingerprint density at radius 2 is 1.82 bits per heavy atom. The molecule has 9 nitrogen and oxygen atoms in total. The monoisotopic (exact) mass is 395 g/mol. The number of ether oxygens (including phenoxy) is 1. The van der Waals surface area contributed by atoms with E-state index in [1.165, 1.54) is 24.3 Å². The van der Waals surface area contributed by atoms with Gasteiger partial charge in [-0.2, -0.15) is 9.36 Å². The van der Waals surface area contributed by atoms with Crippen molar-refractivity contribution in [2.45, 2.75) is 19.8 Å². The standard InChI is InChI=1S/C16H12F3N5O4/c1-10-8-11(2-7-14(10)24(26)27)9-22-15(25)23(21-20-22)12-3-5-13(6-4-12)28-16(17,18)19/h2-8H,9H2,1H3. The van der Waals surface area contributed by atoms with Gasteiger partial charge in [0.05, 0.1) is 17.2 Å². The Morgan fingerprint density at radius 1 is 1.14 bits per heavy atom. The number of tetrazole rings is 1. The van der Waals surface area contributed by atoms with Crippen LogP contribution < -0.4 is 10.4 Å². The second-order valence-electron chi connectivity index (χ2n) is 5.75. The predicted octanol–water partition coefficient (Wildman–Crippen LogP) is 2.59. The summed E-state index contributed by atoms with van der Waals surface area (Å²) < 4.78 is 42.3. The zero-order valence-electron chi connectivity index (χ0n) is 14.3. The first-order valence-corrected chi connectivity index (χ1v) is 7.77. The lowest BCUT2D eigenvalue weighted by Crippen LogP contribution is -2.24. The fraction of sp³-hybridized carbons (Fsp3) is 0.188. The molecular formula is C16H12F3N5O4. The molecule has 1 aromatic heterocycles. The predicted molar refractivity (Wildman–Crippen MR) is 89.2 cm³/mol. The summed E-state index contributed by atoms with van der Waals surface area (Å²) >= 11 is 0. The fourth-order valence-corrected chi connectivity index (χ4v) is 2.52. The molecule has 0 fully saturated rings. The van der Waals surface area contributed by atoms with Crippen LogP contribution in [0.2, 0.25) is 0 Å². The highest BCUT2D eigenvalue weighted by molar-refractivity contribution is 5.42. The minimum atomic E-state index is -4.82. The Kier molecular flexibility index (Phi) is 4.86. The third-order valence-corrected chi connectivity index (χ3v) is 3.74. The largest absolute Gasteiger partial charge is 0.573 e. The number of hydrogen-bond donors (Lipinski definition) is 0. The fourth-order valence-electron chi connectivity index (χ4n) is 2.52. The number of alkyl halides is 3. The van der Waals surface area contributed by atoms with Crippen molar-refractivity contribution in [2.24, 2.45) is 0 Å². The van der Waals surface area contributed by atoms with E-state index in [-0.39, 0.29) is 17.9 Å². The summed E-state index contributed by atoms with van der Waals surface area (Å²) in [5.41, 5.74) is 0.571. The number of nitrogens with zero attached hydrogens (tertiary/aromatic N) is 5. The van der Waals surface area contributed by atoms with Crippen molar-refractivity contribution < 1.29 is 22.8 Å². The smallest absolute Gasteiger partial charge is 0.406 e. The lowest BCUT2D eigenvalue weighted by Gasteiger charge is -2.08. The molecule has 0 radical (unpaired) electrons. The van der Waals surface area contributed by atoms with Crippen LogP contribution in [0.25, 0.3) is 5.69 Å². The van der Waals surface area contributed by atoms with Crippen molar-refractivity contribution in [1.82, 2.24) is 19.8 Å². The minimum Gasteiger partial charge on any atom is -0.406 e. The number of halogens is 3. The number of rotatable bonds is 5. The quantitative estimate of drug-likeness (QED) is 0.486. The van der Waals surface area contributed by atoms with E-state index in [2.05, 4.69) is 15.2 Å². The molecule has 0 aliphatic heterocycles. The van der Waals surface area contributed by atoms with Gasteiger partial charge in [-0.1, -0.05) is 6.07 Å². The lowest BCUT2D eigenvalue weighted by atomic mass is 10.1.